The first kappa shape index (κ1) is 15.7. The average molecular weight is 304 g/mol. The lowest BCUT2D eigenvalue weighted by molar-refractivity contribution is 0.144. The van der Waals surface area contributed by atoms with E-state index in [4.69, 9.17) is 9.47 Å². The summed E-state index contributed by atoms with van der Waals surface area (Å²) in [5.41, 5.74) is 2.22. The van der Waals surface area contributed by atoms with Gasteiger partial charge < -0.3 is 14.8 Å². The highest BCUT2D eigenvalue weighted by atomic mass is 32.2. The summed E-state index contributed by atoms with van der Waals surface area (Å²) in [6, 6.07) is 12.3. The Kier molecular flexibility index (Phi) is 6.37. The van der Waals surface area contributed by atoms with E-state index in [-0.39, 0.29) is 0 Å². The van der Waals surface area contributed by atoms with Gasteiger partial charge >= 0.3 is 0 Å². The molecule has 21 heavy (non-hydrogen) atoms. The van der Waals surface area contributed by atoms with Crippen LogP contribution in [0.5, 0.6) is 5.88 Å². The van der Waals surface area contributed by atoms with Crippen molar-refractivity contribution in [1.82, 2.24) is 4.98 Å². The second-order valence-corrected chi connectivity index (χ2v) is 5.31. The van der Waals surface area contributed by atoms with Gasteiger partial charge in [0.15, 0.2) is 0 Å². The summed E-state index contributed by atoms with van der Waals surface area (Å²) >= 11 is 1.75. The van der Waals surface area contributed by atoms with E-state index in [1.54, 1.807) is 25.1 Å². The van der Waals surface area contributed by atoms with E-state index < -0.39 is 0 Å². The normalized spacial score (nSPS) is 10.4. The van der Waals surface area contributed by atoms with Crippen molar-refractivity contribution in [2.24, 2.45) is 0 Å². The van der Waals surface area contributed by atoms with Crippen LogP contribution >= 0.6 is 11.8 Å². The van der Waals surface area contributed by atoms with Crippen LogP contribution in [0.1, 0.15) is 5.56 Å². The van der Waals surface area contributed by atoms with Crippen LogP contribution in [-0.2, 0) is 11.3 Å². The molecule has 0 aliphatic rings. The third-order valence-electron chi connectivity index (χ3n) is 2.93. The molecule has 2 aromatic rings. The molecule has 1 heterocycles. The molecule has 0 saturated carbocycles. The number of nitrogens with one attached hydrogen (secondary N) is 1. The van der Waals surface area contributed by atoms with E-state index in [0.29, 0.717) is 19.1 Å². The lowest BCUT2D eigenvalue weighted by Crippen LogP contribution is -2.05. The third kappa shape index (κ3) is 5.28. The molecule has 0 saturated heterocycles. The van der Waals surface area contributed by atoms with Crippen molar-refractivity contribution in [3.05, 3.63) is 48.2 Å². The minimum atomic E-state index is 0.512. The molecular weight excluding hydrogens is 284 g/mol. The van der Waals surface area contributed by atoms with Crippen LogP contribution in [0.25, 0.3) is 0 Å². The van der Waals surface area contributed by atoms with Crippen molar-refractivity contribution in [2.45, 2.75) is 11.4 Å². The SMILES string of the molecule is COCCOc1ccc(NCc2ccc(SC)cc2)cn1. The molecule has 4 nitrogen and oxygen atoms in total. The molecule has 0 aliphatic carbocycles. The Balaban J connectivity index is 1.82. The average Bonchev–Trinajstić information content (AvgIpc) is 2.55. The standard InChI is InChI=1S/C16H20N2O2S/c1-19-9-10-20-16-8-5-14(12-18-16)17-11-13-3-6-15(21-2)7-4-13/h3-8,12,17H,9-11H2,1-2H3. The van der Waals surface area contributed by atoms with Gasteiger partial charge in [-0.15, -0.1) is 11.8 Å². The molecule has 0 spiro atoms. The number of pyridine rings is 1. The zero-order valence-electron chi connectivity index (χ0n) is 12.3. The smallest absolute Gasteiger partial charge is 0.213 e. The largest absolute Gasteiger partial charge is 0.475 e. The molecule has 1 aromatic heterocycles. The predicted octanol–water partition coefficient (Wildman–Crippen LogP) is 3.44. The van der Waals surface area contributed by atoms with Gasteiger partial charge in [0.1, 0.15) is 6.61 Å². The van der Waals surface area contributed by atoms with Gasteiger partial charge in [-0.2, -0.15) is 0 Å². The highest BCUT2D eigenvalue weighted by Crippen LogP contribution is 2.16. The van der Waals surface area contributed by atoms with Crippen LogP contribution in [0.15, 0.2) is 47.5 Å². The molecule has 1 N–H and O–H groups in total. The minimum absolute atomic E-state index is 0.512. The first-order chi connectivity index (χ1) is 10.3. The van der Waals surface area contributed by atoms with E-state index in [0.717, 1.165) is 12.2 Å². The fraction of sp³-hybridized carbons (Fsp3) is 0.312. The Hall–Kier alpha value is -1.72. The Morgan fingerprint density at radius 2 is 1.90 bits per heavy atom. The van der Waals surface area contributed by atoms with Crippen molar-refractivity contribution >= 4 is 17.4 Å². The molecule has 0 bridgehead atoms. The zero-order valence-corrected chi connectivity index (χ0v) is 13.2. The number of hydrogen-bond donors (Lipinski definition) is 1. The lowest BCUT2D eigenvalue weighted by atomic mass is 10.2. The molecule has 0 fully saturated rings. The molecule has 0 unspecified atom stereocenters. The molecule has 0 aliphatic heterocycles. The minimum Gasteiger partial charge on any atom is -0.475 e. The van der Waals surface area contributed by atoms with E-state index in [9.17, 15) is 0 Å². The molecular formula is C16H20N2O2S. The maximum Gasteiger partial charge on any atom is 0.213 e. The van der Waals surface area contributed by atoms with Crippen LogP contribution in [0.4, 0.5) is 5.69 Å². The highest BCUT2D eigenvalue weighted by Gasteiger charge is 1.98. The van der Waals surface area contributed by atoms with Crippen molar-refractivity contribution in [3.63, 3.8) is 0 Å². The first-order valence-electron chi connectivity index (χ1n) is 6.76. The molecule has 2 rings (SSSR count). The molecule has 0 radical (unpaired) electrons. The second-order valence-electron chi connectivity index (χ2n) is 4.43. The van der Waals surface area contributed by atoms with E-state index in [2.05, 4.69) is 40.8 Å². The monoisotopic (exact) mass is 304 g/mol. The third-order valence-corrected chi connectivity index (χ3v) is 3.67. The summed E-state index contributed by atoms with van der Waals surface area (Å²) in [5.74, 6) is 0.613. The van der Waals surface area contributed by atoms with Gasteiger partial charge in [-0.1, -0.05) is 12.1 Å². The summed E-state index contributed by atoms with van der Waals surface area (Å²) < 4.78 is 10.3. The fourth-order valence-electron chi connectivity index (χ4n) is 1.75. The van der Waals surface area contributed by atoms with Gasteiger partial charge in [0.2, 0.25) is 5.88 Å². The topological polar surface area (TPSA) is 43.4 Å². The van der Waals surface area contributed by atoms with Crippen molar-refractivity contribution in [1.29, 1.82) is 0 Å². The number of nitrogens with zero attached hydrogens (tertiary/aromatic N) is 1. The van der Waals surface area contributed by atoms with Crippen molar-refractivity contribution < 1.29 is 9.47 Å². The van der Waals surface area contributed by atoms with Gasteiger partial charge in [0.25, 0.3) is 0 Å². The maximum atomic E-state index is 5.42. The predicted molar refractivity (Wildman–Crippen MR) is 87.2 cm³/mol. The van der Waals surface area contributed by atoms with Gasteiger partial charge in [0, 0.05) is 24.6 Å². The Morgan fingerprint density at radius 1 is 1.10 bits per heavy atom. The van der Waals surface area contributed by atoms with Crippen LogP contribution in [0.2, 0.25) is 0 Å². The fourth-order valence-corrected chi connectivity index (χ4v) is 2.16. The molecule has 0 amide bonds. The van der Waals surface area contributed by atoms with Crippen LogP contribution in [-0.4, -0.2) is 31.6 Å². The number of hydrogen-bond acceptors (Lipinski definition) is 5. The number of benzene rings is 1. The Bertz CT molecular complexity index is 529. The van der Waals surface area contributed by atoms with Gasteiger partial charge in [0.05, 0.1) is 18.5 Å². The van der Waals surface area contributed by atoms with Crippen LogP contribution in [0.3, 0.4) is 0 Å². The quantitative estimate of drug-likeness (QED) is 0.598. The Morgan fingerprint density at radius 3 is 2.52 bits per heavy atom. The summed E-state index contributed by atoms with van der Waals surface area (Å²) in [4.78, 5) is 5.52. The van der Waals surface area contributed by atoms with Crippen molar-refractivity contribution in [3.8, 4) is 5.88 Å². The van der Waals surface area contributed by atoms with Gasteiger partial charge in [-0.3, -0.25) is 0 Å². The molecule has 5 heteroatoms. The molecule has 112 valence electrons. The van der Waals surface area contributed by atoms with E-state index in [1.807, 2.05) is 12.1 Å². The van der Waals surface area contributed by atoms with Crippen molar-refractivity contribution in [2.75, 3.05) is 31.9 Å². The van der Waals surface area contributed by atoms with Gasteiger partial charge in [-0.05, 0) is 30.0 Å². The summed E-state index contributed by atoms with van der Waals surface area (Å²) in [7, 11) is 1.65. The summed E-state index contributed by atoms with van der Waals surface area (Å²) in [6.45, 7) is 1.85. The zero-order chi connectivity index (χ0) is 14.9. The van der Waals surface area contributed by atoms with Gasteiger partial charge in [-0.25, -0.2) is 4.98 Å². The first-order valence-corrected chi connectivity index (χ1v) is 7.99. The van der Waals surface area contributed by atoms with E-state index >= 15 is 0 Å². The number of methoxy groups -OCH3 is 1. The number of rotatable bonds is 8. The Labute approximate surface area is 129 Å². The number of thioether (sulfide) groups is 1. The number of anilines is 1. The molecule has 0 atom stereocenters. The maximum absolute atomic E-state index is 5.42. The van der Waals surface area contributed by atoms with Crippen LogP contribution < -0.4 is 10.1 Å². The number of aromatic nitrogens is 1. The summed E-state index contributed by atoms with van der Waals surface area (Å²) in [5, 5.41) is 3.34. The van der Waals surface area contributed by atoms with Crippen LogP contribution in [0, 0.1) is 0 Å². The van der Waals surface area contributed by atoms with E-state index in [1.165, 1.54) is 10.5 Å². The highest BCUT2D eigenvalue weighted by molar-refractivity contribution is 7.98. The number of ether oxygens (including phenoxy) is 2. The second kappa shape index (κ2) is 8.54. The molecule has 1 aromatic carbocycles. The lowest BCUT2D eigenvalue weighted by Gasteiger charge is -2.08. The summed E-state index contributed by atoms with van der Waals surface area (Å²) in [6.07, 6.45) is 3.85.